The van der Waals surface area contributed by atoms with Gasteiger partial charge in [-0.1, -0.05) is 30.4 Å². The van der Waals surface area contributed by atoms with Gasteiger partial charge in [0.1, 0.15) is 5.60 Å². The van der Waals surface area contributed by atoms with Gasteiger partial charge in [0, 0.05) is 18.7 Å². The average Bonchev–Trinajstić information content (AvgIpc) is 2.27. The molecule has 0 spiro atoms. The highest BCUT2D eigenvalue weighted by Gasteiger charge is 2.15. The van der Waals surface area contributed by atoms with Gasteiger partial charge in [-0.25, -0.2) is 4.79 Å². The zero-order valence-corrected chi connectivity index (χ0v) is 12.3. The Morgan fingerprint density at radius 1 is 1.26 bits per heavy atom. The van der Waals surface area contributed by atoms with Gasteiger partial charge in [-0.05, 0) is 32.9 Å². The SMILES string of the molecule is CC(C)(C)OC(=O)NCCC(=S)Nc1ccccc1. The monoisotopic (exact) mass is 280 g/mol. The van der Waals surface area contributed by atoms with Crippen molar-refractivity contribution in [2.75, 3.05) is 11.9 Å². The number of rotatable bonds is 4. The van der Waals surface area contributed by atoms with Gasteiger partial charge in [-0.2, -0.15) is 0 Å². The maximum Gasteiger partial charge on any atom is 0.407 e. The molecule has 0 radical (unpaired) electrons. The number of anilines is 1. The Kier molecular flexibility index (Phi) is 5.76. The molecule has 0 heterocycles. The van der Waals surface area contributed by atoms with E-state index in [0.717, 1.165) is 5.69 Å². The van der Waals surface area contributed by atoms with Gasteiger partial charge >= 0.3 is 6.09 Å². The first-order chi connectivity index (χ1) is 8.87. The molecule has 0 aliphatic rings. The van der Waals surface area contributed by atoms with E-state index in [9.17, 15) is 4.79 Å². The molecule has 0 bridgehead atoms. The molecule has 1 amide bonds. The van der Waals surface area contributed by atoms with E-state index in [2.05, 4.69) is 10.6 Å². The fraction of sp³-hybridized carbons (Fsp3) is 0.429. The first-order valence-electron chi connectivity index (χ1n) is 6.18. The van der Waals surface area contributed by atoms with Crippen molar-refractivity contribution in [1.29, 1.82) is 0 Å². The van der Waals surface area contributed by atoms with Gasteiger partial charge < -0.3 is 15.4 Å². The Labute approximate surface area is 119 Å². The number of para-hydroxylation sites is 1. The van der Waals surface area contributed by atoms with Crippen LogP contribution in [-0.2, 0) is 4.74 Å². The van der Waals surface area contributed by atoms with Crippen molar-refractivity contribution < 1.29 is 9.53 Å². The lowest BCUT2D eigenvalue weighted by atomic mass is 10.2. The van der Waals surface area contributed by atoms with E-state index >= 15 is 0 Å². The Hall–Kier alpha value is -1.62. The highest BCUT2D eigenvalue weighted by molar-refractivity contribution is 7.80. The number of amides is 1. The number of hydrogen-bond donors (Lipinski definition) is 2. The quantitative estimate of drug-likeness (QED) is 0.831. The highest BCUT2D eigenvalue weighted by Crippen LogP contribution is 2.07. The highest BCUT2D eigenvalue weighted by atomic mass is 32.1. The average molecular weight is 280 g/mol. The lowest BCUT2D eigenvalue weighted by molar-refractivity contribution is 0.0529. The summed E-state index contributed by atoms with van der Waals surface area (Å²) in [4.78, 5) is 12.1. The smallest absolute Gasteiger partial charge is 0.407 e. The van der Waals surface area contributed by atoms with Gasteiger partial charge in [0.15, 0.2) is 0 Å². The maximum absolute atomic E-state index is 11.4. The molecule has 0 aliphatic heterocycles. The molecule has 0 unspecified atom stereocenters. The number of benzene rings is 1. The first-order valence-corrected chi connectivity index (χ1v) is 6.59. The van der Waals surface area contributed by atoms with E-state index in [1.54, 1.807) is 0 Å². The Bertz CT molecular complexity index is 427. The van der Waals surface area contributed by atoms with E-state index in [4.69, 9.17) is 17.0 Å². The van der Waals surface area contributed by atoms with E-state index in [1.807, 2.05) is 51.1 Å². The summed E-state index contributed by atoms with van der Waals surface area (Å²) in [5.74, 6) is 0. The van der Waals surface area contributed by atoms with Crippen LogP contribution in [0.15, 0.2) is 30.3 Å². The Balaban J connectivity index is 2.23. The molecular weight excluding hydrogens is 260 g/mol. The maximum atomic E-state index is 11.4. The van der Waals surface area contributed by atoms with Crippen LogP contribution in [0.5, 0.6) is 0 Å². The summed E-state index contributed by atoms with van der Waals surface area (Å²) in [6.45, 7) is 5.93. The van der Waals surface area contributed by atoms with Crippen molar-refractivity contribution in [2.24, 2.45) is 0 Å². The Morgan fingerprint density at radius 2 is 1.89 bits per heavy atom. The minimum Gasteiger partial charge on any atom is -0.444 e. The molecule has 5 heteroatoms. The molecule has 0 fully saturated rings. The van der Waals surface area contributed by atoms with Gasteiger partial charge in [0.25, 0.3) is 0 Å². The van der Waals surface area contributed by atoms with Crippen molar-refractivity contribution in [3.63, 3.8) is 0 Å². The molecule has 19 heavy (non-hydrogen) atoms. The van der Waals surface area contributed by atoms with Gasteiger partial charge in [0.05, 0.1) is 4.99 Å². The van der Waals surface area contributed by atoms with Crippen LogP contribution in [0.4, 0.5) is 10.5 Å². The van der Waals surface area contributed by atoms with Gasteiger partial charge in [-0.3, -0.25) is 0 Å². The molecule has 104 valence electrons. The molecule has 0 aromatic heterocycles. The van der Waals surface area contributed by atoms with Crippen molar-refractivity contribution in [1.82, 2.24) is 5.32 Å². The summed E-state index contributed by atoms with van der Waals surface area (Å²) in [6.07, 6.45) is 0.152. The third-order valence-electron chi connectivity index (χ3n) is 2.08. The molecule has 4 nitrogen and oxygen atoms in total. The first kappa shape index (κ1) is 15.4. The van der Waals surface area contributed by atoms with Crippen LogP contribution >= 0.6 is 12.2 Å². The molecule has 1 rings (SSSR count). The van der Waals surface area contributed by atoms with E-state index < -0.39 is 11.7 Å². The summed E-state index contributed by atoms with van der Waals surface area (Å²) in [5, 5.41) is 5.77. The summed E-state index contributed by atoms with van der Waals surface area (Å²) in [7, 11) is 0. The van der Waals surface area contributed by atoms with E-state index in [0.29, 0.717) is 18.0 Å². The summed E-state index contributed by atoms with van der Waals surface area (Å²) in [5.41, 5.74) is 0.470. The number of nitrogens with one attached hydrogen (secondary N) is 2. The largest absolute Gasteiger partial charge is 0.444 e. The standard InChI is InChI=1S/C14H20N2O2S/c1-14(2,3)18-13(17)15-10-9-12(19)16-11-7-5-4-6-8-11/h4-8H,9-10H2,1-3H3,(H,15,17)(H,16,19). The normalized spacial score (nSPS) is 10.7. The molecule has 0 atom stereocenters. The predicted octanol–water partition coefficient (Wildman–Crippen LogP) is 3.34. The fourth-order valence-electron chi connectivity index (χ4n) is 1.34. The third kappa shape index (κ3) is 7.41. The molecular formula is C14H20N2O2S. The minimum absolute atomic E-state index is 0.421. The topological polar surface area (TPSA) is 50.4 Å². The number of ether oxygens (including phenoxy) is 1. The fourth-order valence-corrected chi connectivity index (χ4v) is 1.56. The second-order valence-electron chi connectivity index (χ2n) is 5.09. The molecule has 0 saturated carbocycles. The number of thiocarbonyl (C=S) groups is 1. The summed E-state index contributed by atoms with van der Waals surface area (Å²) >= 11 is 5.19. The van der Waals surface area contributed by atoms with E-state index in [-0.39, 0.29) is 0 Å². The van der Waals surface area contributed by atoms with Gasteiger partial charge in [-0.15, -0.1) is 0 Å². The number of hydrogen-bond acceptors (Lipinski definition) is 3. The summed E-state index contributed by atoms with van der Waals surface area (Å²) in [6, 6.07) is 9.69. The molecule has 0 aliphatic carbocycles. The lowest BCUT2D eigenvalue weighted by Crippen LogP contribution is -2.33. The van der Waals surface area contributed by atoms with E-state index in [1.165, 1.54) is 0 Å². The zero-order valence-electron chi connectivity index (χ0n) is 11.5. The summed E-state index contributed by atoms with van der Waals surface area (Å²) < 4.78 is 5.12. The molecule has 1 aromatic carbocycles. The van der Waals surface area contributed by atoms with Gasteiger partial charge in [0.2, 0.25) is 0 Å². The van der Waals surface area contributed by atoms with Crippen LogP contribution < -0.4 is 10.6 Å². The van der Waals surface area contributed by atoms with Crippen molar-refractivity contribution >= 4 is 29.0 Å². The zero-order chi connectivity index (χ0) is 14.3. The Morgan fingerprint density at radius 3 is 2.47 bits per heavy atom. The van der Waals surface area contributed by atoms with Crippen LogP contribution in [0.3, 0.4) is 0 Å². The van der Waals surface area contributed by atoms with Crippen molar-refractivity contribution in [2.45, 2.75) is 32.8 Å². The van der Waals surface area contributed by atoms with Crippen LogP contribution in [-0.4, -0.2) is 23.2 Å². The van der Waals surface area contributed by atoms with Crippen LogP contribution in [0.1, 0.15) is 27.2 Å². The lowest BCUT2D eigenvalue weighted by Gasteiger charge is -2.19. The second-order valence-corrected chi connectivity index (χ2v) is 5.59. The number of alkyl carbamates (subject to hydrolysis) is 1. The number of carbonyl (C=O) groups excluding carboxylic acids is 1. The van der Waals surface area contributed by atoms with Crippen LogP contribution in [0.25, 0.3) is 0 Å². The molecule has 2 N–H and O–H groups in total. The molecule has 1 aromatic rings. The van der Waals surface area contributed by atoms with Crippen LogP contribution in [0, 0.1) is 0 Å². The third-order valence-corrected chi connectivity index (χ3v) is 2.38. The van der Waals surface area contributed by atoms with Crippen LogP contribution in [0.2, 0.25) is 0 Å². The minimum atomic E-state index is -0.479. The predicted molar refractivity (Wildman–Crippen MR) is 81.5 cm³/mol. The van der Waals surface area contributed by atoms with Crippen molar-refractivity contribution in [3.05, 3.63) is 30.3 Å². The second kappa shape index (κ2) is 7.09. The molecule has 0 saturated heterocycles. The number of carbonyl (C=O) groups is 1. The van der Waals surface area contributed by atoms with Crippen molar-refractivity contribution in [3.8, 4) is 0 Å².